The minimum atomic E-state index is -1.08. The Morgan fingerprint density at radius 3 is 0.509 bits per heavy atom. The van der Waals surface area contributed by atoms with Crippen molar-refractivity contribution in [2.24, 2.45) is 0 Å². The van der Waals surface area contributed by atoms with E-state index in [9.17, 15) is 28.8 Å². The maximum Gasteiger partial charge on any atom is 0.335 e. The van der Waals surface area contributed by atoms with Gasteiger partial charge in [-0.05, 0) is 72.8 Å². The van der Waals surface area contributed by atoms with E-state index in [-0.39, 0.29) is 91.8 Å². The minimum Gasteiger partial charge on any atom is -0.478 e. The van der Waals surface area contributed by atoms with Gasteiger partial charge in [-0.1, -0.05) is 0 Å². The van der Waals surface area contributed by atoms with Gasteiger partial charge < -0.3 is 30.6 Å². The Bertz CT molecular complexity index is 1990. The molecule has 0 unspecified atom stereocenters. The van der Waals surface area contributed by atoms with Crippen molar-refractivity contribution in [3.63, 3.8) is 0 Å². The standard InChI is InChI=1S/3C12H8N2O4.3Ru/c3*15-11(16)7-1-3-13-9(5-7)10-6-8(12(17)18)2-4-14-10;;;/h3*1-6H,(H,15,16)(H,17,18);;;. The zero-order valence-electron chi connectivity index (χ0n) is 28.3. The van der Waals surface area contributed by atoms with Crippen molar-refractivity contribution in [3.05, 3.63) is 143 Å². The summed E-state index contributed by atoms with van der Waals surface area (Å²) in [7, 11) is 0. The predicted octanol–water partition coefficient (Wildman–Crippen LogP) is 4.61. The third-order valence-electron chi connectivity index (χ3n) is 6.83. The number of aromatic nitrogens is 6. The predicted molar refractivity (Wildman–Crippen MR) is 184 cm³/mol. The van der Waals surface area contributed by atoms with Gasteiger partial charge >= 0.3 is 35.8 Å². The maximum absolute atomic E-state index is 10.8. The van der Waals surface area contributed by atoms with Crippen LogP contribution in [0.1, 0.15) is 62.1 Å². The number of pyridine rings is 6. The van der Waals surface area contributed by atoms with E-state index in [2.05, 4.69) is 29.9 Å². The van der Waals surface area contributed by atoms with Gasteiger partial charge in [0.2, 0.25) is 0 Å². The molecule has 6 rings (SSSR count). The smallest absolute Gasteiger partial charge is 0.335 e. The van der Waals surface area contributed by atoms with Crippen molar-refractivity contribution in [1.29, 1.82) is 0 Å². The summed E-state index contributed by atoms with van der Waals surface area (Å²) in [5.74, 6) is -6.46. The molecule has 0 aliphatic carbocycles. The monoisotopic (exact) mass is 1040 g/mol. The zero-order valence-corrected chi connectivity index (χ0v) is 33.5. The minimum absolute atomic E-state index is 0. The van der Waals surface area contributed by atoms with Crippen LogP contribution in [-0.2, 0) is 58.4 Å². The van der Waals surface area contributed by atoms with Crippen LogP contribution in [0.2, 0.25) is 0 Å². The van der Waals surface area contributed by atoms with Gasteiger partial charge in [0.05, 0.1) is 67.5 Å². The van der Waals surface area contributed by atoms with E-state index in [0.717, 1.165) is 0 Å². The van der Waals surface area contributed by atoms with Crippen LogP contribution >= 0.6 is 0 Å². The topological polar surface area (TPSA) is 301 Å². The van der Waals surface area contributed by atoms with Gasteiger partial charge in [0.1, 0.15) is 0 Å². The molecule has 18 nitrogen and oxygen atoms in total. The molecule has 6 aromatic rings. The molecule has 6 N–H and O–H groups in total. The number of hydrogen-bond acceptors (Lipinski definition) is 12. The molecule has 0 aliphatic heterocycles. The molecule has 0 aliphatic rings. The van der Waals surface area contributed by atoms with Crippen LogP contribution in [0.15, 0.2) is 110 Å². The Labute approximate surface area is 359 Å². The Balaban J connectivity index is 0.000000417. The Kier molecular flexibility index (Phi) is 19.5. The average Bonchev–Trinajstić information content (AvgIpc) is 3.18. The third kappa shape index (κ3) is 14.0. The molecule has 0 aromatic carbocycles. The second-order valence-corrected chi connectivity index (χ2v) is 10.4. The number of aromatic carboxylic acids is 6. The largest absolute Gasteiger partial charge is 0.478 e. The first-order valence-electron chi connectivity index (χ1n) is 14.9. The summed E-state index contributed by atoms with van der Waals surface area (Å²) in [5.41, 5.74) is 2.34. The van der Waals surface area contributed by atoms with Crippen molar-refractivity contribution in [1.82, 2.24) is 29.9 Å². The van der Waals surface area contributed by atoms with Crippen LogP contribution in [0.5, 0.6) is 0 Å². The van der Waals surface area contributed by atoms with Crippen LogP contribution in [0.4, 0.5) is 0 Å². The molecular formula is C36H24N6O12Ru3. The van der Waals surface area contributed by atoms with E-state index in [1.165, 1.54) is 110 Å². The quantitative estimate of drug-likeness (QED) is 0.108. The van der Waals surface area contributed by atoms with Crippen LogP contribution < -0.4 is 0 Å². The number of rotatable bonds is 9. The normalized spacial score (nSPS) is 9.47. The van der Waals surface area contributed by atoms with Crippen molar-refractivity contribution in [2.45, 2.75) is 0 Å². The molecule has 0 saturated carbocycles. The van der Waals surface area contributed by atoms with E-state index in [1.54, 1.807) is 0 Å². The molecular weight excluding hydrogens is 1010 g/mol. The van der Waals surface area contributed by atoms with Crippen LogP contribution in [0, 0.1) is 0 Å². The van der Waals surface area contributed by atoms with E-state index in [0.29, 0.717) is 34.2 Å². The first-order valence-corrected chi connectivity index (χ1v) is 14.9. The summed E-state index contributed by atoms with van der Waals surface area (Å²) in [5, 5.41) is 53.1. The average molecular weight is 1040 g/mol. The van der Waals surface area contributed by atoms with E-state index >= 15 is 0 Å². The number of hydrogen-bond donors (Lipinski definition) is 6. The molecule has 0 bridgehead atoms. The van der Waals surface area contributed by atoms with E-state index in [1.807, 2.05) is 0 Å². The van der Waals surface area contributed by atoms with E-state index < -0.39 is 35.8 Å². The number of carbonyl (C=O) groups is 6. The van der Waals surface area contributed by atoms with Gasteiger partial charge in [-0.2, -0.15) is 0 Å². The molecule has 0 saturated heterocycles. The Morgan fingerprint density at radius 2 is 0.404 bits per heavy atom. The summed E-state index contributed by atoms with van der Waals surface area (Å²) in [6, 6.07) is 16.2. The molecule has 0 amide bonds. The van der Waals surface area contributed by atoms with Gasteiger partial charge in [-0.3, -0.25) is 29.9 Å². The first-order chi connectivity index (χ1) is 25.7. The van der Waals surface area contributed by atoms with Crippen molar-refractivity contribution in [2.75, 3.05) is 0 Å². The zero-order chi connectivity index (χ0) is 39.4. The summed E-state index contributed by atoms with van der Waals surface area (Å²) in [6.45, 7) is 0. The van der Waals surface area contributed by atoms with Crippen LogP contribution in [0.25, 0.3) is 34.2 Å². The second kappa shape index (κ2) is 22.8. The molecule has 294 valence electrons. The maximum atomic E-state index is 10.8. The molecule has 21 heteroatoms. The van der Waals surface area contributed by atoms with Crippen LogP contribution in [-0.4, -0.2) is 96.4 Å². The molecule has 6 aromatic heterocycles. The Hall–Kier alpha value is -6.41. The third-order valence-corrected chi connectivity index (χ3v) is 6.83. The van der Waals surface area contributed by atoms with Crippen molar-refractivity contribution >= 4 is 35.8 Å². The van der Waals surface area contributed by atoms with Crippen molar-refractivity contribution < 1.29 is 118 Å². The summed E-state index contributed by atoms with van der Waals surface area (Å²) < 4.78 is 0. The molecule has 57 heavy (non-hydrogen) atoms. The van der Waals surface area contributed by atoms with Gasteiger partial charge in [0, 0.05) is 95.6 Å². The fourth-order valence-corrected chi connectivity index (χ4v) is 4.22. The number of nitrogens with zero attached hydrogens (tertiary/aromatic N) is 6. The Morgan fingerprint density at radius 1 is 0.281 bits per heavy atom. The fraction of sp³-hybridized carbons (Fsp3) is 0. The SMILES string of the molecule is O=C(O)c1ccnc(-c2cc(C(=O)O)ccn2)c1.O=C(O)c1ccnc(-c2cc(C(=O)O)ccn2)c1.O=C(O)c1ccnc(-c2cc(C(=O)O)ccn2)c1.[Ru].[Ru].[Ru]. The fourth-order valence-electron chi connectivity index (χ4n) is 4.22. The number of carboxylic acid groups (broad SMARTS) is 6. The molecule has 0 radical (unpaired) electrons. The van der Waals surface area contributed by atoms with Crippen LogP contribution in [0.3, 0.4) is 0 Å². The van der Waals surface area contributed by atoms with Gasteiger partial charge in [-0.25, -0.2) is 28.8 Å². The van der Waals surface area contributed by atoms with Crippen molar-refractivity contribution in [3.8, 4) is 34.2 Å². The van der Waals surface area contributed by atoms with Gasteiger partial charge in [-0.15, -0.1) is 0 Å². The molecule has 0 spiro atoms. The van der Waals surface area contributed by atoms with Gasteiger partial charge in [0.15, 0.2) is 0 Å². The first kappa shape index (κ1) is 48.6. The van der Waals surface area contributed by atoms with Gasteiger partial charge in [0.25, 0.3) is 0 Å². The van der Waals surface area contributed by atoms with E-state index in [4.69, 9.17) is 30.6 Å². The second-order valence-electron chi connectivity index (χ2n) is 10.4. The number of carboxylic acids is 6. The summed E-state index contributed by atoms with van der Waals surface area (Å²) in [4.78, 5) is 88.7. The summed E-state index contributed by atoms with van der Waals surface area (Å²) in [6.07, 6.45) is 8.05. The molecule has 6 heterocycles. The molecule has 0 fully saturated rings. The molecule has 0 atom stereocenters. The summed E-state index contributed by atoms with van der Waals surface area (Å²) >= 11 is 0.